The van der Waals surface area contributed by atoms with Crippen molar-refractivity contribution in [1.82, 2.24) is 19.7 Å². The Kier molecular flexibility index (Phi) is 7.21. The molecule has 0 amide bonds. The number of nitrogens with one attached hydrogen (secondary N) is 1. The van der Waals surface area contributed by atoms with Gasteiger partial charge in [-0.2, -0.15) is 0 Å². The minimum atomic E-state index is 0.708. The van der Waals surface area contributed by atoms with E-state index in [-0.39, 0.29) is 0 Å². The molecule has 3 heterocycles. The van der Waals surface area contributed by atoms with Crippen LogP contribution in [-0.4, -0.2) is 54.1 Å². The van der Waals surface area contributed by atoms with Gasteiger partial charge < -0.3 is 14.8 Å². The van der Waals surface area contributed by atoms with E-state index in [9.17, 15) is 0 Å². The lowest BCUT2D eigenvalue weighted by atomic mass is 9.97. The summed E-state index contributed by atoms with van der Waals surface area (Å²) in [7, 11) is 5.94. The van der Waals surface area contributed by atoms with Crippen LogP contribution < -0.4 is 5.32 Å². The van der Waals surface area contributed by atoms with Crippen molar-refractivity contribution >= 4 is 28.9 Å². The molecule has 3 rings (SSSR count). The zero-order valence-electron chi connectivity index (χ0n) is 16.5. The van der Waals surface area contributed by atoms with Gasteiger partial charge in [0.2, 0.25) is 0 Å². The van der Waals surface area contributed by atoms with Gasteiger partial charge in [-0.1, -0.05) is 17.7 Å². The van der Waals surface area contributed by atoms with E-state index in [0.29, 0.717) is 5.92 Å². The Labute approximate surface area is 171 Å². The number of hydrogen-bond acceptors (Lipinski definition) is 3. The molecule has 0 bridgehead atoms. The summed E-state index contributed by atoms with van der Waals surface area (Å²) in [4.78, 5) is 10.6. The van der Waals surface area contributed by atoms with Gasteiger partial charge in [0.25, 0.3) is 0 Å². The minimum Gasteiger partial charge on any atom is -0.356 e. The predicted octanol–water partition coefficient (Wildman–Crippen LogP) is 3.66. The average molecular weight is 408 g/mol. The highest BCUT2D eigenvalue weighted by atomic mass is 35.5. The van der Waals surface area contributed by atoms with E-state index in [1.165, 1.54) is 36.5 Å². The topological polar surface area (TPSA) is 35.8 Å². The summed E-state index contributed by atoms with van der Waals surface area (Å²) in [5.74, 6) is 1.65. The monoisotopic (exact) mass is 407 g/mol. The summed E-state index contributed by atoms with van der Waals surface area (Å²) in [6.45, 7) is 5.22. The molecule has 0 radical (unpaired) electrons. The van der Waals surface area contributed by atoms with E-state index >= 15 is 0 Å². The van der Waals surface area contributed by atoms with Gasteiger partial charge in [0.05, 0.1) is 11.6 Å². The first kappa shape index (κ1) is 20.2. The highest BCUT2D eigenvalue weighted by Crippen LogP contribution is 2.20. The summed E-state index contributed by atoms with van der Waals surface area (Å²) in [5.41, 5.74) is 1.17. The van der Waals surface area contributed by atoms with Gasteiger partial charge in [-0.15, -0.1) is 11.3 Å². The Bertz CT molecular complexity index is 732. The molecule has 1 fully saturated rings. The third-order valence-corrected chi connectivity index (χ3v) is 6.33. The number of hydrogen-bond donors (Lipinski definition) is 1. The van der Waals surface area contributed by atoms with E-state index in [0.717, 1.165) is 30.6 Å². The molecule has 148 valence electrons. The van der Waals surface area contributed by atoms with Crippen LogP contribution in [0.15, 0.2) is 34.8 Å². The first-order valence-electron chi connectivity index (χ1n) is 9.52. The van der Waals surface area contributed by atoms with Crippen LogP contribution in [0.25, 0.3) is 0 Å². The second kappa shape index (κ2) is 9.62. The zero-order chi connectivity index (χ0) is 19.2. The number of aryl methyl sites for hydroxylation is 1. The molecule has 0 atom stereocenters. The van der Waals surface area contributed by atoms with Gasteiger partial charge in [0.1, 0.15) is 0 Å². The lowest BCUT2D eigenvalue weighted by Crippen LogP contribution is -2.43. The number of piperidine rings is 1. The standard InChI is InChI=1S/C20H30ClN5S/c1-22-20(25(3)14-18-11-17(21)13-24(18)2)23-12-16-6-8-26(9-7-16)15-19-5-4-10-27-19/h4-5,10-11,13,16H,6-9,12,14-15H2,1-3H3,(H,22,23). The molecule has 1 aliphatic rings. The van der Waals surface area contributed by atoms with E-state index in [4.69, 9.17) is 11.6 Å². The van der Waals surface area contributed by atoms with Crippen molar-refractivity contribution in [2.75, 3.05) is 33.7 Å². The number of guanidine groups is 1. The minimum absolute atomic E-state index is 0.708. The third kappa shape index (κ3) is 5.74. The fourth-order valence-electron chi connectivity index (χ4n) is 3.63. The summed E-state index contributed by atoms with van der Waals surface area (Å²) in [6, 6.07) is 6.38. The van der Waals surface area contributed by atoms with Gasteiger partial charge in [0, 0.05) is 51.0 Å². The summed E-state index contributed by atoms with van der Waals surface area (Å²) < 4.78 is 2.06. The molecule has 0 spiro atoms. The van der Waals surface area contributed by atoms with Crippen molar-refractivity contribution in [2.45, 2.75) is 25.9 Å². The van der Waals surface area contributed by atoms with Gasteiger partial charge in [-0.3, -0.25) is 9.89 Å². The number of rotatable bonds is 6. The Balaban J connectivity index is 1.42. The first-order valence-corrected chi connectivity index (χ1v) is 10.8. The van der Waals surface area contributed by atoms with Gasteiger partial charge in [0.15, 0.2) is 5.96 Å². The van der Waals surface area contributed by atoms with Gasteiger partial charge in [-0.05, 0) is 49.4 Å². The predicted molar refractivity (Wildman–Crippen MR) is 116 cm³/mol. The Morgan fingerprint density at radius 3 is 2.78 bits per heavy atom. The fraction of sp³-hybridized carbons (Fsp3) is 0.550. The van der Waals surface area contributed by atoms with Gasteiger partial charge >= 0.3 is 0 Å². The van der Waals surface area contributed by atoms with E-state index < -0.39 is 0 Å². The Hall–Kier alpha value is -1.50. The maximum absolute atomic E-state index is 6.09. The van der Waals surface area contributed by atoms with Crippen LogP contribution in [0, 0.1) is 5.92 Å². The Morgan fingerprint density at radius 1 is 1.41 bits per heavy atom. The average Bonchev–Trinajstić information content (AvgIpc) is 3.26. The molecule has 7 heteroatoms. The van der Waals surface area contributed by atoms with Crippen molar-refractivity contribution in [3.05, 3.63) is 45.4 Å². The molecule has 0 aliphatic carbocycles. The van der Waals surface area contributed by atoms with Crippen molar-refractivity contribution < 1.29 is 0 Å². The second-order valence-corrected chi connectivity index (χ2v) is 8.81. The molecule has 27 heavy (non-hydrogen) atoms. The number of aromatic nitrogens is 1. The maximum Gasteiger partial charge on any atom is 0.193 e. The maximum atomic E-state index is 6.09. The quantitative estimate of drug-likeness (QED) is 0.586. The molecule has 2 aromatic heterocycles. The molecule has 1 saturated heterocycles. The number of likely N-dealkylation sites (tertiary alicyclic amines) is 1. The Morgan fingerprint density at radius 2 is 2.19 bits per heavy atom. The number of thiophene rings is 1. The van der Waals surface area contributed by atoms with Gasteiger partial charge in [-0.25, -0.2) is 0 Å². The zero-order valence-corrected chi connectivity index (χ0v) is 18.1. The lowest BCUT2D eigenvalue weighted by Gasteiger charge is -2.32. The third-order valence-electron chi connectivity index (χ3n) is 5.26. The molecule has 0 aromatic carbocycles. The largest absolute Gasteiger partial charge is 0.356 e. The van der Waals surface area contributed by atoms with Crippen LogP contribution in [0.3, 0.4) is 0 Å². The smallest absolute Gasteiger partial charge is 0.193 e. The summed E-state index contributed by atoms with van der Waals surface area (Å²) in [6.07, 6.45) is 4.42. The molecule has 5 nitrogen and oxygen atoms in total. The second-order valence-electron chi connectivity index (χ2n) is 7.34. The number of halogens is 1. The number of aliphatic imine (C=N–C) groups is 1. The highest BCUT2D eigenvalue weighted by molar-refractivity contribution is 7.09. The van der Waals surface area contributed by atoms with E-state index in [1.807, 2.05) is 37.7 Å². The molecular formula is C20H30ClN5S. The highest BCUT2D eigenvalue weighted by Gasteiger charge is 2.20. The fourth-order valence-corrected chi connectivity index (χ4v) is 4.65. The molecular weight excluding hydrogens is 378 g/mol. The summed E-state index contributed by atoms with van der Waals surface area (Å²) in [5, 5.41) is 6.50. The lowest BCUT2D eigenvalue weighted by molar-refractivity contribution is 0.179. The van der Waals surface area contributed by atoms with Crippen LogP contribution in [0.4, 0.5) is 0 Å². The molecule has 0 saturated carbocycles. The van der Waals surface area contributed by atoms with Crippen molar-refractivity contribution in [1.29, 1.82) is 0 Å². The van der Waals surface area contributed by atoms with Crippen LogP contribution >= 0.6 is 22.9 Å². The first-order chi connectivity index (χ1) is 13.0. The van der Waals surface area contributed by atoms with Crippen LogP contribution in [0.1, 0.15) is 23.4 Å². The normalized spacial score (nSPS) is 16.7. The molecule has 1 aliphatic heterocycles. The van der Waals surface area contributed by atoms with Crippen LogP contribution in [0.5, 0.6) is 0 Å². The van der Waals surface area contributed by atoms with Crippen molar-refractivity contribution in [3.8, 4) is 0 Å². The van der Waals surface area contributed by atoms with Crippen LogP contribution in [0.2, 0.25) is 5.02 Å². The molecule has 1 N–H and O–H groups in total. The van der Waals surface area contributed by atoms with E-state index in [2.05, 4.69) is 49.2 Å². The van der Waals surface area contributed by atoms with Crippen LogP contribution in [-0.2, 0) is 20.1 Å². The SMILES string of the molecule is CN=C(NCC1CCN(Cc2cccs2)CC1)N(C)Cc1cc(Cl)cn1C. The van der Waals surface area contributed by atoms with Crippen molar-refractivity contribution in [2.24, 2.45) is 18.0 Å². The summed E-state index contributed by atoms with van der Waals surface area (Å²) >= 11 is 7.95. The molecule has 0 unspecified atom stereocenters. The number of nitrogens with zero attached hydrogens (tertiary/aromatic N) is 4. The molecule has 2 aromatic rings. The van der Waals surface area contributed by atoms with E-state index in [1.54, 1.807) is 0 Å². The van der Waals surface area contributed by atoms with Crippen molar-refractivity contribution in [3.63, 3.8) is 0 Å².